The van der Waals surface area contributed by atoms with Crippen molar-refractivity contribution in [1.29, 1.82) is 0 Å². The first kappa shape index (κ1) is 19.7. The summed E-state index contributed by atoms with van der Waals surface area (Å²) < 4.78 is 42.1. The Morgan fingerprint density at radius 1 is 1.17 bits per heavy atom. The van der Waals surface area contributed by atoms with E-state index in [1.807, 2.05) is 11.0 Å². The van der Waals surface area contributed by atoms with E-state index in [2.05, 4.69) is 25.0 Å². The van der Waals surface area contributed by atoms with Crippen molar-refractivity contribution in [2.75, 3.05) is 18.0 Å². The average Bonchev–Trinajstić information content (AvgIpc) is 3.20. The van der Waals surface area contributed by atoms with E-state index in [1.54, 1.807) is 23.3 Å². The summed E-state index contributed by atoms with van der Waals surface area (Å²) in [5.41, 5.74) is 0.676. The van der Waals surface area contributed by atoms with Crippen LogP contribution in [0.2, 0.25) is 0 Å². The Labute approximate surface area is 169 Å². The van der Waals surface area contributed by atoms with Crippen molar-refractivity contribution in [2.45, 2.75) is 12.9 Å². The molecule has 1 aromatic carbocycles. The smallest absolute Gasteiger partial charge is 0.406 e. The van der Waals surface area contributed by atoms with Gasteiger partial charge in [0.1, 0.15) is 30.0 Å². The van der Waals surface area contributed by atoms with Crippen LogP contribution in [-0.4, -0.2) is 44.9 Å². The molecule has 1 aliphatic rings. The maximum absolute atomic E-state index is 12.3. The lowest BCUT2D eigenvalue weighted by Crippen LogP contribution is -2.54. The standard InChI is InChI=1S/C19H17F3N6O2/c20-19(21,22)30-15-3-1-13(2-4-15)8-24-18(29)14-9-28(10-14)17-7-16(25-11-26-17)27-6-5-23-12-27/h1-7,11-12,14H,8-10H2,(H,24,29). The summed E-state index contributed by atoms with van der Waals surface area (Å²) in [7, 11) is 0. The van der Waals surface area contributed by atoms with E-state index >= 15 is 0 Å². The van der Waals surface area contributed by atoms with Crippen LogP contribution in [0.5, 0.6) is 5.75 Å². The lowest BCUT2D eigenvalue weighted by atomic mass is 9.99. The molecule has 0 spiro atoms. The Balaban J connectivity index is 1.26. The molecule has 1 saturated heterocycles. The van der Waals surface area contributed by atoms with E-state index in [4.69, 9.17) is 0 Å². The number of carbonyl (C=O) groups excluding carboxylic acids is 1. The summed E-state index contributed by atoms with van der Waals surface area (Å²) in [6, 6.07) is 7.21. The molecule has 0 unspecified atom stereocenters. The Bertz CT molecular complexity index is 1000. The normalized spacial score (nSPS) is 14.3. The molecule has 8 nitrogen and oxygen atoms in total. The number of alkyl halides is 3. The molecule has 1 aliphatic heterocycles. The van der Waals surface area contributed by atoms with Gasteiger partial charge in [0.05, 0.1) is 5.92 Å². The number of hydrogen-bond donors (Lipinski definition) is 1. The second kappa shape index (κ2) is 8.01. The first-order chi connectivity index (χ1) is 14.4. The first-order valence-corrected chi connectivity index (χ1v) is 9.05. The molecule has 3 aromatic rings. The molecular formula is C19H17F3N6O2. The molecule has 30 heavy (non-hydrogen) atoms. The van der Waals surface area contributed by atoms with Crippen molar-refractivity contribution < 1.29 is 22.7 Å². The van der Waals surface area contributed by atoms with Crippen LogP contribution in [0.1, 0.15) is 5.56 Å². The van der Waals surface area contributed by atoms with Gasteiger partial charge in [0.2, 0.25) is 5.91 Å². The number of ether oxygens (including phenoxy) is 1. The third kappa shape index (κ3) is 4.67. The lowest BCUT2D eigenvalue weighted by Gasteiger charge is -2.39. The van der Waals surface area contributed by atoms with Gasteiger partial charge in [0.15, 0.2) is 0 Å². The molecule has 0 aliphatic carbocycles. The van der Waals surface area contributed by atoms with Gasteiger partial charge < -0.3 is 15.0 Å². The third-order valence-corrected chi connectivity index (χ3v) is 4.61. The van der Waals surface area contributed by atoms with Gasteiger partial charge in [-0.3, -0.25) is 9.36 Å². The van der Waals surface area contributed by atoms with Crippen molar-refractivity contribution in [1.82, 2.24) is 24.8 Å². The topological polar surface area (TPSA) is 85.2 Å². The fraction of sp³-hybridized carbons (Fsp3) is 0.263. The summed E-state index contributed by atoms with van der Waals surface area (Å²) in [5, 5.41) is 2.80. The van der Waals surface area contributed by atoms with Crippen LogP contribution < -0.4 is 15.0 Å². The van der Waals surface area contributed by atoms with E-state index in [1.165, 1.54) is 30.6 Å². The zero-order valence-electron chi connectivity index (χ0n) is 15.6. The highest BCUT2D eigenvalue weighted by atomic mass is 19.4. The largest absolute Gasteiger partial charge is 0.573 e. The van der Waals surface area contributed by atoms with E-state index < -0.39 is 6.36 Å². The zero-order valence-corrected chi connectivity index (χ0v) is 15.6. The monoisotopic (exact) mass is 418 g/mol. The second-order valence-corrected chi connectivity index (χ2v) is 6.72. The van der Waals surface area contributed by atoms with Gasteiger partial charge in [-0.25, -0.2) is 15.0 Å². The second-order valence-electron chi connectivity index (χ2n) is 6.72. The lowest BCUT2D eigenvalue weighted by molar-refractivity contribution is -0.274. The molecule has 2 aromatic heterocycles. The molecule has 3 heterocycles. The van der Waals surface area contributed by atoms with Gasteiger partial charge >= 0.3 is 6.36 Å². The van der Waals surface area contributed by atoms with Crippen molar-refractivity contribution in [3.63, 3.8) is 0 Å². The SMILES string of the molecule is O=C(NCc1ccc(OC(F)(F)F)cc1)C1CN(c2cc(-n3ccnc3)ncn2)C1. The highest BCUT2D eigenvalue weighted by molar-refractivity contribution is 5.81. The van der Waals surface area contributed by atoms with Crippen LogP contribution in [0.25, 0.3) is 5.82 Å². The average molecular weight is 418 g/mol. The number of amides is 1. The summed E-state index contributed by atoms with van der Waals surface area (Å²) in [5.74, 6) is 0.795. The van der Waals surface area contributed by atoms with Crippen LogP contribution in [-0.2, 0) is 11.3 Å². The molecule has 0 radical (unpaired) electrons. The number of halogens is 3. The number of hydrogen-bond acceptors (Lipinski definition) is 6. The van der Waals surface area contributed by atoms with Crippen LogP contribution in [0.15, 0.2) is 55.4 Å². The highest BCUT2D eigenvalue weighted by Crippen LogP contribution is 2.25. The van der Waals surface area contributed by atoms with Crippen LogP contribution >= 0.6 is 0 Å². The van der Waals surface area contributed by atoms with E-state index in [0.29, 0.717) is 24.5 Å². The van der Waals surface area contributed by atoms with Gasteiger partial charge in [-0.05, 0) is 17.7 Å². The zero-order chi connectivity index (χ0) is 21.1. The molecule has 0 atom stereocenters. The Morgan fingerprint density at radius 3 is 2.57 bits per heavy atom. The minimum atomic E-state index is -4.73. The predicted octanol–water partition coefficient (Wildman–Crippen LogP) is 2.31. The minimum absolute atomic E-state index is 0.120. The fourth-order valence-electron chi connectivity index (χ4n) is 3.02. The van der Waals surface area contributed by atoms with Crippen molar-refractivity contribution in [2.24, 2.45) is 5.92 Å². The van der Waals surface area contributed by atoms with E-state index in [9.17, 15) is 18.0 Å². The number of imidazole rings is 1. The highest BCUT2D eigenvalue weighted by Gasteiger charge is 2.33. The van der Waals surface area contributed by atoms with Crippen molar-refractivity contribution in [3.8, 4) is 11.6 Å². The number of nitrogens with one attached hydrogen (secondary N) is 1. The maximum atomic E-state index is 12.3. The summed E-state index contributed by atoms with van der Waals surface area (Å²) in [6.07, 6.45) is 1.81. The quantitative estimate of drug-likeness (QED) is 0.661. The van der Waals surface area contributed by atoms with Gasteiger partial charge in [0.25, 0.3) is 0 Å². The minimum Gasteiger partial charge on any atom is -0.406 e. The molecule has 1 N–H and O–H groups in total. The summed E-state index contributed by atoms with van der Waals surface area (Å²) in [6.45, 7) is 1.26. The summed E-state index contributed by atoms with van der Waals surface area (Å²) >= 11 is 0. The number of rotatable bonds is 6. The molecule has 1 amide bonds. The predicted molar refractivity (Wildman–Crippen MR) is 99.8 cm³/mol. The number of anilines is 1. The van der Waals surface area contributed by atoms with Gasteiger partial charge in [-0.2, -0.15) is 0 Å². The number of carbonyl (C=O) groups is 1. The van der Waals surface area contributed by atoms with Crippen molar-refractivity contribution >= 4 is 11.7 Å². The van der Waals surface area contributed by atoms with Crippen molar-refractivity contribution in [3.05, 3.63) is 60.9 Å². The van der Waals surface area contributed by atoms with Gasteiger partial charge in [-0.1, -0.05) is 12.1 Å². The third-order valence-electron chi connectivity index (χ3n) is 4.61. The van der Waals surface area contributed by atoms with E-state index in [0.717, 1.165) is 5.82 Å². The number of nitrogens with zero attached hydrogens (tertiary/aromatic N) is 5. The maximum Gasteiger partial charge on any atom is 0.573 e. The van der Waals surface area contributed by atoms with Gasteiger partial charge in [-0.15, -0.1) is 13.2 Å². The molecule has 156 valence electrons. The number of benzene rings is 1. The fourth-order valence-corrected chi connectivity index (χ4v) is 3.02. The van der Waals surface area contributed by atoms with Crippen LogP contribution in [0.3, 0.4) is 0 Å². The first-order valence-electron chi connectivity index (χ1n) is 9.05. The molecule has 0 saturated carbocycles. The Kier molecular flexibility index (Phi) is 5.25. The summed E-state index contributed by atoms with van der Waals surface area (Å²) in [4.78, 5) is 26.7. The molecular weight excluding hydrogens is 401 g/mol. The van der Waals surface area contributed by atoms with E-state index in [-0.39, 0.29) is 24.1 Å². The number of aromatic nitrogens is 4. The van der Waals surface area contributed by atoms with Crippen LogP contribution in [0.4, 0.5) is 19.0 Å². The Morgan fingerprint density at radius 2 is 1.90 bits per heavy atom. The molecule has 1 fully saturated rings. The molecule has 4 rings (SSSR count). The van der Waals surface area contributed by atoms with Gasteiger partial charge in [0, 0.05) is 38.1 Å². The molecule has 11 heteroatoms. The molecule has 0 bridgehead atoms. The van der Waals surface area contributed by atoms with Crippen LogP contribution in [0, 0.1) is 5.92 Å². The Hall–Kier alpha value is -3.63.